The Morgan fingerprint density at radius 2 is 1.88 bits per heavy atom. The minimum absolute atomic E-state index is 0.0968. The average molecular weight is 235 g/mol. The molecule has 0 saturated carbocycles. The van der Waals surface area contributed by atoms with E-state index in [2.05, 4.69) is 0 Å². The second kappa shape index (κ2) is 6.89. The molecule has 0 amide bonds. The number of rotatable bonds is 6. The van der Waals surface area contributed by atoms with E-state index in [1.165, 1.54) is 0 Å². The van der Waals surface area contributed by atoms with E-state index >= 15 is 0 Å². The number of hydrogen-bond donors (Lipinski definition) is 1. The van der Waals surface area contributed by atoms with Crippen molar-refractivity contribution in [2.45, 2.75) is 26.1 Å². The molecule has 0 heterocycles. The van der Waals surface area contributed by atoms with Crippen LogP contribution >= 0.6 is 0 Å². The molecule has 0 aromatic heterocycles. The molecular formula is C13H17NO3. The van der Waals surface area contributed by atoms with Gasteiger partial charge in [-0.15, -0.1) is 0 Å². The first-order chi connectivity index (χ1) is 8.11. The lowest BCUT2D eigenvalue weighted by atomic mass is 10.2. The third kappa shape index (κ3) is 5.34. The highest BCUT2D eigenvalue weighted by Gasteiger charge is 2.06. The number of nitrogens with zero attached hydrogens (tertiary/aromatic N) is 1. The number of ether oxygens (including phenoxy) is 2. The van der Waals surface area contributed by atoms with Gasteiger partial charge in [0.05, 0.1) is 24.3 Å². The summed E-state index contributed by atoms with van der Waals surface area (Å²) in [6.07, 6.45) is -0.549. The van der Waals surface area contributed by atoms with Crippen LogP contribution in [-0.2, 0) is 4.74 Å². The number of nitriles is 1. The lowest BCUT2D eigenvalue weighted by Gasteiger charge is -2.14. The second-order valence-electron chi connectivity index (χ2n) is 3.98. The molecule has 0 bridgehead atoms. The molecule has 0 saturated heterocycles. The summed E-state index contributed by atoms with van der Waals surface area (Å²) in [5.41, 5.74) is 0.584. The summed E-state index contributed by atoms with van der Waals surface area (Å²) >= 11 is 0. The van der Waals surface area contributed by atoms with E-state index in [0.29, 0.717) is 11.3 Å². The van der Waals surface area contributed by atoms with Crippen molar-refractivity contribution < 1.29 is 14.6 Å². The molecule has 4 nitrogen and oxygen atoms in total. The van der Waals surface area contributed by atoms with Crippen molar-refractivity contribution in [3.05, 3.63) is 29.8 Å². The van der Waals surface area contributed by atoms with Gasteiger partial charge in [-0.25, -0.2) is 0 Å². The molecule has 1 aromatic rings. The molecule has 1 aromatic carbocycles. The summed E-state index contributed by atoms with van der Waals surface area (Å²) in [5.74, 6) is 0.632. The van der Waals surface area contributed by atoms with Gasteiger partial charge >= 0.3 is 0 Å². The van der Waals surface area contributed by atoms with Gasteiger partial charge in [-0.3, -0.25) is 0 Å². The largest absolute Gasteiger partial charge is 0.491 e. The van der Waals surface area contributed by atoms with E-state index in [0.717, 1.165) is 0 Å². The van der Waals surface area contributed by atoms with Crippen molar-refractivity contribution in [1.29, 1.82) is 5.26 Å². The van der Waals surface area contributed by atoms with Crippen molar-refractivity contribution in [3.8, 4) is 11.8 Å². The lowest BCUT2D eigenvalue weighted by molar-refractivity contribution is -0.0122. The maximum absolute atomic E-state index is 9.56. The van der Waals surface area contributed by atoms with E-state index in [1.807, 2.05) is 19.9 Å². The Bertz CT molecular complexity index is 367. The average Bonchev–Trinajstić information content (AvgIpc) is 2.34. The van der Waals surface area contributed by atoms with Gasteiger partial charge in [0.25, 0.3) is 0 Å². The number of aliphatic hydroxyl groups excluding tert-OH is 1. The van der Waals surface area contributed by atoms with Crippen LogP contribution in [0.4, 0.5) is 0 Å². The Balaban J connectivity index is 2.32. The highest BCUT2D eigenvalue weighted by molar-refractivity contribution is 5.34. The zero-order valence-corrected chi connectivity index (χ0v) is 10.1. The van der Waals surface area contributed by atoms with Crippen LogP contribution < -0.4 is 4.74 Å². The van der Waals surface area contributed by atoms with Gasteiger partial charge in [-0.1, -0.05) is 0 Å². The fraction of sp³-hybridized carbons (Fsp3) is 0.462. The first kappa shape index (κ1) is 13.5. The molecule has 92 valence electrons. The standard InChI is InChI=1S/C13H17NO3/c1-10(2)16-8-12(15)9-17-13-5-3-11(7-14)4-6-13/h3-6,10,12,15H,8-9H2,1-2H3. The normalized spacial score (nSPS) is 12.2. The number of hydrogen-bond acceptors (Lipinski definition) is 4. The zero-order valence-electron chi connectivity index (χ0n) is 10.1. The van der Waals surface area contributed by atoms with E-state index in [4.69, 9.17) is 14.7 Å². The maximum Gasteiger partial charge on any atom is 0.119 e. The molecule has 4 heteroatoms. The monoisotopic (exact) mass is 235 g/mol. The minimum atomic E-state index is -0.645. The molecule has 0 spiro atoms. The van der Waals surface area contributed by atoms with Crippen LogP contribution in [0, 0.1) is 11.3 Å². The molecule has 1 unspecified atom stereocenters. The van der Waals surface area contributed by atoms with Crippen LogP contribution in [0.25, 0.3) is 0 Å². The summed E-state index contributed by atoms with van der Waals surface area (Å²) in [5, 5.41) is 18.2. The number of aliphatic hydroxyl groups is 1. The smallest absolute Gasteiger partial charge is 0.119 e. The van der Waals surface area contributed by atoms with Crippen molar-refractivity contribution in [1.82, 2.24) is 0 Å². The highest BCUT2D eigenvalue weighted by atomic mass is 16.5. The van der Waals surface area contributed by atoms with E-state index in [9.17, 15) is 5.11 Å². The fourth-order valence-electron chi connectivity index (χ4n) is 1.17. The highest BCUT2D eigenvalue weighted by Crippen LogP contribution is 2.11. The summed E-state index contributed by atoms with van der Waals surface area (Å²) in [6, 6.07) is 8.78. The molecule has 0 aliphatic heterocycles. The molecule has 0 fully saturated rings. The van der Waals surface area contributed by atoms with Gasteiger partial charge in [0.1, 0.15) is 18.5 Å². The van der Waals surface area contributed by atoms with Gasteiger partial charge < -0.3 is 14.6 Å². The van der Waals surface area contributed by atoms with Gasteiger partial charge in [0, 0.05) is 0 Å². The van der Waals surface area contributed by atoms with Crippen LogP contribution in [-0.4, -0.2) is 30.5 Å². The van der Waals surface area contributed by atoms with Crippen LogP contribution in [0.3, 0.4) is 0 Å². The predicted octanol–water partition coefficient (Wildman–Crippen LogP) is 1.72. The molecule has 1 N–H and O–H groups in total. The lowest BCUT2D eigenvalue weighted by Crippen LogP contribution is -2.25. The van der Waals surface area contributed by atoms with Crippen LogP contribution in [0.5, 0.6) is 5.75 Å². The van der Waals surface area contributed by atoms with Gasteiger partial charge in [0.2, 0.25) is 0 Å². The Morgan fingerprint density at radius 3 is 2.41 bits per heavy atom. The SMILES string of the molecule is CC(C)OCC(O)COc1ccc(C#N)cc1. The molecule has 0 aliphatic carbocycles. The molecule has 0 radical (unpaired) electrons. The Kier molecular flexibility index (Phi) is 5.47. The summed E-state index contributed by atoms with van der Waals surface area (Å²) in [4.78, 5) is 0. The van der Waals surface area contributed by atoms with Gasteiger partial charge in [0.15, 0.2) is 0 Å². The summed E-state index contributed by atoms with van der Waals surface area (Å²) < 4.78 is 10.6. The van der Waals surface area contributed by atoms with Crippen molar-refractivity contribution in [2.24, 2.45) is 0 Å². The molecule has 17 heavy (non-hydrogen) atoms. The van der Waals surface area contributed by atoms with Crippen LogP contribution in [0.15, 0.2) is 24.3 Å². The van der Waals surface area contributed by atoms with Crippen LogP contribution in [0.1, 0.15) is 19.4 Å². The Hall–Kier alpha value is -1.57. The van der Waals surface area contributed by atoms with E-state index in [-0.39, 0.29) is 19.3 Å². The molecule has 1 rings (SSSR count). The first-order valence-corrected chi connectivity index (χ1v) is 5.54. The fourth-order valence-corrected chi connectivity index (χ4v) is 1.17. The van der Waals surface area contributed by atoms with Crippen molar-refractivity contribution in [3.63, 3.8) is 0 Å². The van der Waals surface area contributed by atoms with Crippen LogP contribution in [0.2, 0.25) is 0 Å². The summed E-state index contributed by atoms with van der Waals surface area (Å²) in [7, 11) is 0. The topological polar surface area (TPSA) is 62.5 Å². The van der Waals surface area contributed by atoms with E-state index < -0.39 is 6.10 Å². The minimum Gasteiger partial charge on any atom is -0.491 e. The quantitative estimate of drug-likeness (QED) is 0.815. The molecule has 1 atom stereocenters. The maximum atomic E-state index is 9.56. The molecular weight excluding hydrogens is 218 g/mol. The third-order valence-electron chi connectivity index (χ3n) is 2.05. The Labute approximate surface area is 101 Å². The van der Waals surface area contributed by atoms with E-state index in [1.54, 1.807) is 24.3 Å². The van der Waals surface area contributed by atoms with Gasteiger partial charge in [-0.05, 0) is 38.1 Å². The first-order valence-electron chi connectivity index (χ1n) is 5.54. The summed E-state index contributed by atoms with van der Waals surface area (Å²) in [6.45, 7) is 4.26. The number of benzene rings is 1. The van der Waals surface area contributed by atoms with Crippen molar-refractivity contribution >= 4 is 0 Å². The zero-order chi connectivity index (χ0) is 12.7. The Morgan fingerprint density at radius 1 is 1.24 bits per heavy atom. The van der Waals surface area contributed by atoms with Gasteiger partial charge in [-0.2, -0.15) is 5.26 Å². The third-order valence-corrected chi connectivity index (χ3v) is 2.05. The second-order valence-corrected chi connectivity index (χ2v) is 3.98. The molecule has 0 aliphatic rings. The predicted molar refractivity (Wildman–Crippen MR) is 63.7 cm³/mol. The van der Waals surface area contributed by atoms with Crippen molar-refractivity contribution in [2.75, 3.05) is 13.2 Å².